The maximum atomic E-state index is 14.0. The van der Waals surface area contributed by atoms with Gasteiger partial charge in [0.15, 0.2) is 0 Å². The molecule has 6 heteroatoms. The largest absolute Gasteiger partial charge is 0.366 e. The van der Waals surface area contributed by atoms with Gasteiger partial charge in [0.25, 0.3) is 0 Å². The highest BCUT2D eigenvalue weighted by Crippen LogP contribution is 2.24. The molecular formula is C23H27F2N3O. The average Bonchev–Trinajstić information content (AvgIpc) is 2.76. The van der Waals surface area contributed by atoms with Gasteiger partial charge in [0, 0.05) is 39.3 Å². The summed E-state index contributed by atoms with van der Waals surface area (Å²) in [5, 5.41) is 0. The molecule has 2 saturated heterocycles. The summed E-state index contributed by atoms with van der Waals surface area (Å²) < 4.78 is 27.1. The number of hydrogen-bond acceptors (Lipinski definition) is 3. The van der Waals surface area contributed by atoms with Gasteiger partial charge in [-0.05, 0) is 49.2 Å². The van der Waals surface area contributed by atoms with E-state index in [4.69, 9.17) is 0 Å². The number of piperazine rings is 1. The Morgan fingerprint density at radius 1 is 0.931 bits per heavy atom. The molecule has 0 N–H and O–H groups in total. The molecule has 2 aliphatic heterocycles. The van der Waals surface area contributed by atoms with Gasteiger partial charge in [-0.2, -0.15) is 0 Å². The zero-order valence-corrected chi connectivity index (χ0v) is 16.6. The van der Waals surface area contributed by atoms with E-state index in [1.807, 2.05) is 28.0 Å². The molecule has 2 aromatic rings. The molecule has 0 radical (unpaired) electrons. The van der Waals surface area contributed by atoms with Crippen molar-refractivity contribution in [1.29, 1.82) is 0 Å². The molecule has 29 heavy (non-hydrogen) atoms. The molecule has 154 valence electrons. The van der Waals surface area contributed by atoms with E-state index >= 15 is 0 Å². The van der Waals surface area contributed by atoms with Gasteiger partial charge in [0.2, 0.25) is 5.91 Å². The fourth-order valence-electron chi connectivity index (χ4n) is 4.38. The number of carbonyl (C=O) groups excluding carboxylic acids is 1. The zero-order valence-electron chi connectivity index (χ0n) is 16.6. The first-order valence-corrected chi connectivity index (χ1v) is 10.4. The fourth-order valence-corrected chi connectivity index (χ4v) is 4.38. The number of anilines is 1. The molecule has 2 fully saturated rings. The summed E-state index contributed by atoms with van der Waals surface area (Å²) in [5.41, 5.74) is 1.68. The molecule has 2 aromatic carbocycles. The van der Waals surface area contributed by atoms with Crippen molar-refractivity contribution < 1.29 is 13.6 Å². The summed E-state index contributed by atoms with van der Waals surface area (Å²) >= 11 is 0. The Hall–Kier alpha value is -2.47. The van der Waals surface area contributed by atoms with Crippen molar-refractivity contribution in [3.8, 4) is 0 Å². The number of carbonyl (C=O) groups is 1. The Bertz CT molecular complexity index is 834. The van der Waals surface area contributed by atoms with Crippen molar-refractivity contribution in [3.63, 3.8) is 0 Å². The van der Waals surface area contributed by atoms with Gasteiger partial charge in [-0.15, -0.1) is 0 Å². The Labute approximate surface area is 170 Å². The van der Waals surface area contributed by atoms with Gasteiger partial charge in [-0.1, -0.05) is 24.3 Å². The number of para-hydroxylation sites is 1. The lowest BCUT2D eigenvalue weighted by molar-refractivity contribution is -0.137. The summed E-state index contributed by atoms with van der Waals surface area (Å²) in [6.07, 6.45) is 1.90. The van der Waals surface area contributed by atoms with Gasteiger partial charge in [-0.3, -0.25) is 9.69 Å². The lowest BCUT2D eigenvalue weighted by Crippen LogP contribution is -2.52. The van der Waals surface area contributed by atoms with E-state index in [0.29, 0.717) is 31.9 Å². The van der Waals surface area contributed by atoms with Crippen LogP contribution in [-0.4, -0.2) is 55.0 Å². The van der Waals surface area contributed by atoms with Crippen molar-refractivity contribution in [2.75, 3.05) is 44.2 Å². The third kappa shape index (κ3) is 4.75. The number of piperidine rings is 1. The highest BCUT2D eigenvalue weighted by molar-refractivity contribution is 5.79. The molecule has 0 saturated carbocycles. The van der Waals surface area contributed by atoms with Crippen LogP contribution in [-0.2, 0) is 11.3 Å². The molecule has 0 aromatic heterocycles. The molecule has 2 aliphatic rings. The summed E-state index contributed by atoms with van der Waals surface area (Å²) in [7, 11) is 0. The number of rotatable bonds is 4. The first-order chi connectivity index (χ1) is 14.1. The first kappa shape index (κ1) is 19.8. The normalized spacial score (nSPS) is 20.7. The van der Waals surface area contributed by atoms with Crippen molar-refractivity contribution in [1.82, 2.24) is 9.80 Å². The SMILES string of the molecule is O=C(C1CCCN(Cc2ccc(F)cc2)C1)N1CCN(c2ccccc2F)CC1. The summed E-state index contributed by atoms with van der Waals surface area (Å²) in [6.45, 7) is 5.00. The number of nitrogens with zero attached hydrogens (tertiary/aromatic N) is 3. The van der Waals surface area contributed by atoms with Crippen LogP contribution in [0.3, 0.4) is 0 Å². The minimum atomic E-state index is -0.227. The van der Waals surface area contributed by atoms with Crippen LogP contribution >= 0.6 is 0 Å². The Morgan fingerprint density at radius 2 is 1.66 bits per heavy atom. The van der Waals surface area contributed by atoms with Gasteiger partial charge in [0.05, 0.1) is 11.6 Å². The van der Waals surface area contributed by atoms with Gasteiger partial charge in [-0.25, -0.2) is 8.78 Å². The quantitative estimate of drug-likeness (QED) is 0.787. The van der Waals surface area contributed by atoms with Gasteiger partial charge in [0.1, 0.15) is 11.6 Å². The van der Waals surface area contributed by atoms with Crippen LogP contribution in [0.5, 0.6) is 0 Å². The third-order valence-corrected chi connectivity index (χ3v) is 5.96. The van der Waals surface area contributed by atoms with E-state index in [-0.39, 0.29) is 23.5 Å². The van der Waals surface area contributed by atoms with Crippen molar-refractivity contribution in [2.45, 2.75) is 19.4 Å². The van der Waals surface area contributed by atoms with E-state index in [9.17, 15) is 13.6 Å². The van der Waals surface area contributed by atoms with Crippen molar-refractivity contribution in [2.24, 2.45) is 5.92 Å². The van der Waals surface area contributed by atoms with Crippen LogP contribution in [0.25, 0.3) is 0 Å². The van der Waals surface area contributed by atoms with Crippen LogP contribution in [0.4, 0.5) is 14.5 Å². The number of benzene rings is 2. The Kier molecular flexibility index (Phi) is 6.09. The van der Waals surface area contributed by atoms with Crippen molar-refractivity contribution >= 4 is 11.6 Å². The Morgan fingerprint density at radius 3 is 2.38 bits per heavy atom. The summed E-state index contributed by atoms with van der Waals surface area (Å²) in [6, 6.07) is 13.4. The van der Waals surface area contributed by atoms with Crippen LogP contribution < -0.4 is 4.90 Å². The molecule has 0 bridgehead atoms. The number of amides is 1. The highest BCUT2D eigenvalue weighted by atomic mass is 19.1. The second-order valence-corrected chi connectivity index (χ2v) is 7.96. The van der Waals surface area contributed by atoms with Crippen molar-refractivity contribution in [3.05, 3.63) is 65.7 Å². The minimum Gasteiger partial charge on any atom is -0.366 e. The summed E-state index contributed by atoms with van der Waals surface area (Å²) in [4.78, 5) is 19.3. The van der Waals surface area contributed by atoms with E-state index in [1.165, 1.54) is 18.2 Å². The molecule has 4 nitrogen and oxygen atoms in total. The zero-order chi connectivity index (χ0) is 20.2. The minimum absolute atomic E-state index is 0.00390. The lowest BCUT2D eigenvalue weighted by atomic mass is 9.95. The van der Waals surface area contributed by atoms with Crippen LogP contribution in [0.2, 0.25) is 0 Å². The smallest absolute Gasteiger partial charge is 0.227 e. The molecule has 4 rings (SSSR count). The molecule has 0 aliphatic carbocycles. The Balaban J connectivity index is 1.31. The number of halogens is 2. The number of hydrogen-bond donors (Lipinski definition) is 0. The number of likely N-dealkylation sites (tertiary alicyclic amines) is 1. The third-order valence-electron chi connectivity index (χ3n) is 5.96. The predicted molar refractivity (Wildman–Crippen MR) is 110 cm³/mol. The molecule has 1 unspecified atom stereocenters. The van der Waals surface area contributed by atoms with E-state index in [2.05, 4.69) is 4.90 Å². The fraction of sp³-hybridized carbons (Fsp3) is 0.435. The maximum absolute atomic E-state index is 14.0. The maximum Gasteiger partial charge on any atom is 0.227 e. The average molecular weight is 399 g/mol. The lowest BCUT2D eigenvalue weighted by Gasteiger charge is -2.39. The second kappa shape index (κ2) is 8.91. The molecule has 1 amide bonds. The van der Waals surface area contributed by atoms with Gasteiger partial charge < -0.3 is 9.80 Å². The molecular weight excluding hydrogens is 372 g/mol. The van der Waals surface area contributed by atoms with E-state index in [1.54, 1.807) is 12.1 Å². The van der Waals surface area contributed by atoms with Gasteiger partial charge >= 0.3 is 0 Å². The van der Waals surface area contributed by atoms with E-state index in [0.717, 1.165) is 38.0 Å². The van der Waals surface area contributed by atoms with Crippen LogP contribution in [0, 0.1) is 17.6 Å². The molecule has 0 spiro atoms. The van der Waals surface area contributed by atoms with Crippen LogP contribution in [0.15, 0.2) is 48.5 Å². The molecule has 2 heterocycles. The molecule has 1 atom stereocenters. The monoisotopic (exact) mass is 399 g/mol. The van der Waals surface area contributed by atoms with E-state index < -0.39 is 0 Å². The standard InChI is InChI=1S/C23H27F2N3O/c24-20-9-7-18(8-10-20)16-26-11-3-4-19(17-26)23(29)28-14-12-27(13-15-28)22-6-2-1-5-21(22)25/h1-2,5-10,19H,3-4,11-17H2. The topological polar surface area (TPSA) is 26.8 Å². The first-order valence-electron chi connectivity index (χ1n) is 10.4. The summed E-state index contributed by atoms with van der Waals surface area (Å²) in [5.74, 6) is -0.225. The highest BCUT2D eigenvalue weighted by Gasteiger charge is 2.31. The predicted octanol–water partition coefficient (Wildman–Crippen LogP) is 3.53. The second-order valence-electron chi connectivity index (χ2n) is 7.96. The van der Waals surface area contributed by atoms with Crippen LogP contribution in [0.1, 0.15) is 18.4 Å².